The number of fused-ring (bicyclic) bond motifs is 6. The number of nitrogens with zero attached hydrogens (tertiary/aromatic N) is 1. The Bertz CT molecular complexity index is 826. The maximum absolute atomic E-state index is 10.1. The molecule has 0 unspecified atom stereocenters. The molecule has 25 heavy (non-hydrogen) atoms. The first-order valence-corrected chi connectivity index (χ1v) is 9.01. The van der Waals surface area contributed by atoms with Crippen LogP contribution >= 0.6 is 0 Å². The molecule has 5 nitrogen and oxygen atoms in total. The van der Waals surface area contributed by atoms with Crippen LogP contribution in [0.1, 0.15) is 30.6 Å². The Labute approximate surface area is 147 Å². The van der Waals surface area contributed by atoms with Gasteiger partial charge in [-0.2, -0.15) is 0 Å². The molecule has 4 N–H and O–H groups in total. The molecular formula is C20H26N2O3. The number of piperidine rings is 1. The standard InChI is InChI=1S/C20H26N2O3/c1-3-11(9-23)13-7-19-20-15(8-18(22(19)2)16(13)10-24)14-6-12(25)4-5-17(14)21-20/h3-6,13,16,18-19,21,23-25H,7-10H2,1-2H3/b11-3-/t13-,16+,18+,19+/m1/s1. The molecule has 1 fully saturated rings. The summed E-state index contributed by atoms with van der Waals surface area (Å²) in [4.78, 5) is 5.93. The molecule has 0 spiro atoms. The Balaban J connectivity index is 1.84. The third kappa shape index (κ3) is 2.41. The molecule has 0 amide bonds. The van der Waals surface area contributed by atoms with Crippen LogP contribution in [0.4, 0.5) is 0 Å². The van der Waals surface area contributed by atoms with Crippen LogP contribution in [0.5, 0.6) is 5.75 Å². The van der Waals surface area contributed by atoms with E-state index in [1.807, 2.05) is 25.1 Å². The summed E-state index contributed by atoms with van der Waals surface area (Å²) < 4.78 is 0. The predicted molar refractivity (Wildman–Crippen MR) is 97.5 cm³/mol. The molecule has 0 saturated carbocycles. The molecule has 2 aliphatic heterocycles. The number of aromatic nitrogens is 1. The topological polar surface area (TPSA) is 79.7 Å². The van der Waals surface area contributed by atoms with Crippen molar-refractivity contribution in [2.24, 2.45) is 11.8 Å². The minimum Gasteiger partial charge on any atom is -0.508 e. The van der Waals surface area contributed by atoms with Crippen molar-refractivity contribution in [3.63, 3.8) is 0 Å². The molecule has 3 heterocycles. The van der Waals surface area contributed by atoms with Crippen LogP contribution in [0.15, 0.2) is 29.8 Å². The number of allylic oxidation sites excluding steroid dienone is 1. The molecule has 2 aromatic rings. The van der Waals surface area contributed by atoms with Gasteiger partial charge in [0.05, 0.1) is 12.6 Å². The monoisotopic (exact) mass is 342 g/mol. The van der Waals surface area contributed by atoms with Crippen molar-refractivity contribution in [3.8, 4) is 5.75 Å². The first-order valence-electron chi connectivity index (χ1n) is 9.01. The van der Waals surface area contributed by atoms with Crippen LogP contribution in [0.3, 0.4) is 0 Å². The van der Waals surface area contributed by atoms with Gasteiger partial charge in [0.25, 0.3) is 0 Å². The second kappa shape index (κ2) is 6.16. The highest BCUT2D eigenvalue weighted by Gasteiger charge is 2.47. The fraction of sp³-hybridized carbons (Fsp3) is 0.500. The minimum atomic E-state index is 0.0499. The normalized spacial score (nSPS) is 29.8. The first-order chi connectivity index (χ1) is 12.1. The Morgan fingerprint density at radius 1 is 1.36 bits per heavy atom. The first kappa shape index (κ1) is 16.6. The number of phenols is 1. The summed E-state index contributed by atoms with van der Waals surface area (Å²) in [5.41, 5.74) is 4.56. The number of likely N-dealkylation sites (N-methyl/N-ethyl adjacent to an activating group) is 1. The van der Waals surface area contributed by atoms with Crippen molar-refractivity contribution in [1.82, 2.24) is 9.88 Å². The van der Waals surface area contributed by atoms with Crippen LogP contribution in [-0.2, 0) is 6.42 Å². The van der Waals surface area contributed by atoms with Gasteiger partial charge in [-0.25, -0.2) is 0 Å². The van der Waals surface area contributed by atoms with Gasteiger partial charge in [0.2, 0.25) is 0 Å². The van der Waals surface area contributed by atoms with E-state index in [1.165, 1.54) is 11.3 Å². The van der Waals surface area contributed by atoms with Gasteiger partial charge >= 0.3 is 0 Å². The smallest absolute Gasteiger partial charge is 0.116 e. The van der Waals surface area contributed by atoms with E-state index in [1.54, 1.807) is 6.07 Å². The van der Waals surface area contributed by atoms with E-state index in [-0.39, 0.29) is 42.9 Å². The second-order valence-electron chi connectivity index (χ2n) is 7.41. The maximum atomic E-state index is 10.1. The number of nitrogens with one attached hydrogen (secondary N) is 1. The average Bonchev–Trinajstić information content (AvgIpc) is 2.95. The zero-order valence-corrected chi connectivity index (χ0v) is 14.7. The van der Waals surface area contributed by atoms with Gasteiger partial charge in [-0.1, -0.05) is 6.08 Å². The third-order valence-corrected chi connectivity index (χ3v) is 6.41. The molecule has 4 atom stereocenters. The molecule has 1 aromatic heterocycles. The number of benzene rings is 1. The van der Waals surface area contributed by atoms with E-state index < -0.39 is 0 Å². The number of aliphatic hydroxyl groups excluding tert-OH is 2. The van der Waals surface area contributed by atoms with E-state index in [0.717, 1.165) is 29.3 Å². The molecule has 0 aliphatic carbocycles. The molecule has 1 aromatic carbocycles. The van der Waals surface area contributed by atoms with Gasteiger partial charge in [-0.3, -0.25) is 4.90 Å². The Kier molecular flexibility index (Phi) is 4.10. The Morgan fingerprint density at radius 3 is 2.84 bits per heavy atom. The molecule has 4 rings (SSSR count). The highest BCUT2D eigenvalue weighted by atomic mass is 16.3. The van der Waals surface area contributed by atoms with E-state index >= 15 is 0 Å². The van der Waals surface area contributed by atoms with E-state index in [4.69, 9.17) is 0 Å². The van der Waals surface area contributed by atoms with E-state index in [9.17, 15) is 15.3 Å². The lowest BCUT2D eigenvalue weighted by Crippen LogP contribution is -2.54. The fourth-order valence-corrected chi connectivity index (χ4v) is 5.07. The van der Waals surface area contributed by atoms with Crippen LogP contribution in [0, 0.1) is 11.8 Å². The van der Waals surface area contributed by atoms with Gasteiger partial charge in [0.1, 0.15) is 5.75 Å². The molecule has 0 radical (unpaired) electrons. The number of hydrogen-bond acceptors (Lipinski definition) is 4. The predicted octanol–water partition coefficient (Wildman–Crippen LogP) is 2.34. The lowest BCUT2D eigenvalue weighted by atomic mass is 9.68. The van der Waals surface area contributed by atoms with Crippen LogP contribution in [0.2, 0.25) is 0 Å². The van der Waals surface area contributed by atoms with Crippen molar-refractivity contribution in [2.75, 3.05) is 20.3 Å². The van der Waals surface area contributed by atoms with Crippen molar-refractivity contribution < 1.29 is 15.3 Å². The SMILES string of the molecule is C/C=C(/CO)[C@H]1C[C@H]2c3[nH]c4ccc(O)cc4c3C[C@@H]([C@H]1CO)N2C. The Morgan fingerprint density at radius 2 is 2.16 bits per heavy atom. The van der Waals surface area contributed by atoms with Gasteiger partial charge < -0.3 is 20.3 Å². The summed E-state index contributed by atoms with van der Waals surface area (Å²) in [6.07, 6.45) is 3.72. The fourth-order valence-electron chi connectivity index (χ4n) is 5.07. The van der Waals surface area contributed by atoms with Crippen molar-refractivity contribution in [2.45, 2.75) is 31.8 Å². The summed E-state index contributed by atoms with van der Waals surface area (Å²) in [5, 5.41) is 30.8. The van der Waals surface area contributed by atoms with Gasteiger partial charge in [0.15, 0.2) is 0 Å². The number of aromatic amines is 1. The number of hydrogen-bond donors (Lipinski definition) is 4. The highest BCUT2D eigenvalue weighted by molar-refractivity contribution is 5.86. The molecule has 5 heteroatoms. The molecule has 134 valence electrons. The highest BCUT2D eigenvalue weighted by Crippen LogP contribution is 2.49. The molecule has 1 saturated heterocycles. The zero-order valence-electron chi connectivity index (χ0n) is 14.7. The van der Waals surface area contributed by atoms with Crippen LogP contribution in [0.25, 0.3) is 10.9 Å². The zero-order chi connectivity index (χ0) is 17.7. The van der Waals surface area contributed by atoms with Crippen molar-refractivity contribution in [3.05, 3.63) is 41.1 Å². The summed E-state index contributed by atoms with van der Waals surface area (Å²) in [7, 11) is 2.13. The lowest BCUT2D eigenvalue weighted by Gasteiger charge is -2.51. The van der Waals surface area contributed by atoms with E-state index in [2.05, 4.69) is 16.9 Å². The number of rotatable bonds is 3. The summed E-state index contributed by atoms with van der Waals surface area (Å²) in [6, 6.07) is 5.94. The molecular weight excluding hydrogens is 316 g/mol. The largest absolute Gasteiger partial charge is 0.508 e. The molecule has 2 aliphatic rings. The summed E-state index contributed by atoms with van der Waals surface area (Å²) >= 11 is 0. The summed E-state index contributed by atoms with van der Waals surface area (Å²) in [6.45, 7) is 2.13. The number of H-pyrrole nitrogens is 1. The molecule has 2 bridgehead atoms. The number of aliphatic hydroxyl groups is 2. The number of phenolic OH excluding ortho intramolecular Hbond substituents is 1. The third-order valence-electron chi connectivity index (χ3n) is 6.41. The number of aromatic hydroxyl groups is 1. The maximum Gasteiger partial charge on any atom is 0.116 e. The lowest BCUT2D eigenvalue weighted by molar-refractivity contribution is -0.00908. The average molecular weight is 342 g/mol. The van der Waals surface area contributed by atoms with Gasteiger partial charge in [-0.05, 0) is 62.1 Å². The second-order valence-corrected chi connectivity index (χ2v) is 7.41. The van der Waals surface area contributed by atoms with E-state index in [0.29, 0.717) is 0 Å². The van der Waals surface area contributed by atoms with Crippen molar-refractivity contribution in [1.29, 1.82) is 0 Å². The quantitative estimate of drug-likeness (QED) is 0.646. The van der Waals surface area contributed by atoms with Crippen molar-refractivity contribution >= 4 is 10.9 Å². The van der Waals surface area contributed by atoms with Gasteiger partial charge in [-0.15, -0.1) is 0 Å². The summed E-state index contributed by atoms with van der Waals surface area (Å²) in [5.74, 6) is 0.584. The van der Waals surface area contributed by atoms with Gasteiger partial charge in [0, 0.05) is 35.2 Å². The minimum absolute atomic E-state index is 0.0499. The van der Waals surface area contributed by atoms with Crippen LogP contribution in [-0.4, -0.2) is 51.5 Å². The van der Waals surface area contributed by atoms with Crippen LogP contribution < -0.4 is 0 Å². The Hall–Kier alpha value is -1.82.